The summed E-state index contributed by atoms with van der Waals surface area (Å²) >= 11 is 9.32. The standard InChI is InChI=1S/C20H18ClN5O3S2/c1-28-10-8-22-19(27)14-11-30-17(23-14)12-31-20-25-24-18(16-7-4-9-29-16)26(20)15-6-3-2-5-13(15)21/h2-7,9,11H,8,10,12H2,1H3,(H,22,27). The van der Waals surface area contributed by atoms with Crippen molar-refractivity contribution in [2.45, 2.75) is 10.9 Å². The summed E-state index contributed by atoms with van der Waals surface area (Å²) in [5.41, 5.74) is 1.14. The average molecular weight is 476 g/mol. The smallest absolute Gasteiger partial charge is 0.270 e. The second-order valence-electron chi connectivity index (χ2n) is 6.23. The van der Waals surface area contributed by atoms with Crippen molar-refractivity contribution < 1.29 is 13.9 Å². The Morgan fingerprint density at radius 3 is 2.94 bits per heavy atom. The van der Waals surface area contributed by atoms with Crippen molar-refractivity contribution in [3.8, 4) is 17.3 Å². The van der Waals surface area contributed by atoms with Gasteiger partial charge < -0.3 is 14.5 Å². The number of hydrogen-bond acceptors (Lipinski definition) is 8. The minimum absolute atomic E-state index is 0.219. The summed E-state index contributed by atoms with van der Waals surface area (Å²) in [4.78, 5) is 16.6. The highest BCUT2D eigenvalue weighted by atomic mass is 35.5. The molecule has 3 heterocycles. The first kappa shape index (κ1) is 21.6. The van der Waals surface area contributed by atoms with Crippen LogP contribution in [0.3, 0.4) is 0 Å². The van der Waals surface area contributed by atoms with Crippen molar-refractivity contribution in [2.24, 2.45) is 0 Å². The predicted octanol–water partition coefficient (Wildman–Crippen LogP) is 4.31. The van der Waals surface area contributed by atoms with Crippen LogP contribution in [-0.4, -0.2) is 45.9 Å². The van der Waals surface area contributed by atoms with E-state index in [-0.39, 0.29) is 5.91 Å². The maximum Gasteiger partial charge on any atom is 0.270 e. The molecule has 1 aromatic carbocycles. The molecule has 0 aliphatic carbocycles. The first-order valence-electron chi connectivity index (χ1n) is 9.26. The number of nitrogens with zero attached hydrogens (tertiary/aromatic N) is 4. The fourth-order valence-corrected chi connectivity index (χ4v) is 4.70. The van der Waals surface area contributed by atoms with Gasteiger partial charge in [-0.15, -0.1) is 21.5 Å². The summed E-state index contributed by atoms with van der Waals surface area (Å²) in [6.45, 7) is 0.891. The molecule has 0 saturated heterocycles. The molecule has 4 aromatic rings. The molecule has 0 saturated carbocycles. The number of carbonyl (C=O) groups excluding carboxylic acids is 1. The Kier molecular flexibility index (Phi) is 7.03. The lowest BCUT2D eigenvalue weighted by molar-refractivity contribution is 0.0932. The van der Waals surface area contributed by atoms with Crippen molar-refractivity contribution in [1.29, 1.82) is 0 Å². The third-order valence-corrected chi connectivity index (χ3v) is 6.46. The molecule has 0 spiro atoms. The van der Waals surface area contributed by atoms with Gasteiger partial charge in [0, 0.05) is 19.0 Å². The summed E-state index contributed by atoms with van der Waals surface area (Å²) in [6, 6.07) is 11.1. The number of furan rings is 1. The molecule has 0 aliphatic rings. The van der Waals surface area contributed by atoms with Crippen LogP contribution in [0.4, 0.5) is 0 Å². The van der Waals surface area contributed by atoms with E-state index >= 15 is 0 Å². The summed E-state index contributed by atoms with van der Waals surface area (Å²) in [5.74, 6) is 1.45. The number of para-hydroxylation sites is 1. The highest BCUT2D eigenvalue weighted by molar-refractivity contribution is 7.98. The van der Waals surface area contributed by atoms with Crippen LogP contribution in [0.1, 0.15) is 15.5 Å². The largest absolute Gasteiger partial charge is 0.461 e. The molecular formula is C20H18ClN5O3S2. The summed E-state index contributed by atoms with van der Waals surface area (Å²) in [7, 11) is 1.59. The molecule has 11 heteroatoms. The van der Waals surface area contributed by atoms with Gasteiger partial charge >= 0.3 is 0 Å². The predicted molar refractivity (Wildman–Crippen MR) is 120 cm³/mol. The highest BCUT2D eigenvalue weighted by Gasteiger charge is 2.20. The van der Waals surface area contributed by atoms with Crippen LogP contribution in [0.5, 0.6) is 0 Å². The van der Waals surface area contributed by atoms with E-state index < -0.39 is 0 Å². The summed E-state index contributed by atoms with van der Waals surface area (Å²) in [5, 5.41) is 15.2. The number of rotatable bonds is 9. The Morgan fingerprint density at radius 2 is 2.16 bits per heavy atom. The third kappa shape index (κ3) is 4.99. The Labute approximate surface area is 191 Å². The molecule has 8 nitrogen and oxygen atoms in total. The minimum atomic E-state index is -0.219. The number of thioether (sulfide) groups is 1. The molecule has 0 fully saturated rings. The number of hydrogen-bond donors (Lipinski definition) is 1. The van der Waals surface area contributed by atoms with Gasteiger partial charge in [-0.05, 0) is 24.3 Å². The van der Waals surface area contributed by atoms with Crippen LogP contribution in [-0.2, 0) is 10.5 Å². The zero-order valence-corrected chi connectivity index (χ0v) is 18.8. The van der Waals surface area contributed by atoms with Crippen LogP contribution in [0.2, 0.25) is 5.02 Å². The second kappa shape index (κ2) is 10.1. The first-order valence-corrected chi connectivity index (χ1v) is 11.5. The molecule has 31 heavy (non-hydrogen) atoms. The Balaban J connectivity index is 1.55. The van der Waals surface area contributed by atoms with Crippen molar-refractivity contribution in [1.82, 2.24) is 25.1 Å². The number of nitrogens with one attached hydrogen (secondary N) is 1. The van der Waals surface area contributed by atoms with Gasteiger partial charge in [0.05, 0.1) is 29.3 Å². The lowest BCUT2D eigenvalue weighted by atomic mass is 10.3. The molecule has 0 atom stereocenters. The normalized spacial score (nSPS) is 11.0. The molecule has 1 amide bonds. The Hall–Kier alpha value is -2.66. The Bertz CT molecular complexity index is 1160. The number of aromatic nitrogens is 4. The topological polar surface area (TPSA) is 95.1 Å². The number of amides is 1. The summed E-state index contributed by atoms with van der Waals surface area (Å²) in [6.07, 6.45) is 1.59. The molecule has 0 radical (unpaired) electrons. The van der Waals surface area contributed by atoms with Gasteiger partial charge in [0.2, 0.25) is 5.82 Å². The third-order valence-electron chi connectivity index (χ3n) is 4.17. The van der Waals surface area contributed by atoms with Crippen LogP contribution in [0, 0.1) is 0 Å². The van der Waals surface area contributed by atoms with Crippen molar-refractivity contribution in [2.75, 3.05) is 20.3 Å². The van der Waals surface area contributed by atoms with Gasteiger partial charge in [-0.25, -0.2) is 4.98 Å². The van der Waals surface area contributed by atoms with Crippen LogP contribution in [0.15, 0.2) is 57.6 Å². The molecule has 3 aromatic heterocycles. The molecule has 160 valence electrons. The van der Waals surface area contributed by atoms with E-state index in [0.29, 0.717) is 46.4 Å². The number of thiazole rings is 1. The second-order valence-corrected chi connectivity index (χ2v) is 8.53. The quantitative estimate of drug-likeness (QED) is 0.284. The zero-order valence-electron chi connectivity index (χ0n) is 16.4. The monoisotopic (exact) mass is 475 g/mol. The Morgan fingerprint density at radius 1 is 1.29 bits per heavy atom. The molecular weight excluding hydrogens is 458 g/mol. The van der Waals surface area contributed by atoms with Gasteiger partial charge in [-0.2, -0.15) is 0 Å². The number of methoxy groups -OCH3 is 1. The maximum absolute atomic E-state index is 12.1. The van der Waals surface area contributed by atoms with E-state index in [1.807, 2.05) is 34.9 Å². The van der Waals surface area contributed by atoms with E-state index in [1.165, 1.54) is 23.1 Å². The van der Waals surface area contributed by atoms with Crippen LogP contribution in [0.25, 0.3) is 17.3 Å². The first-order chi connectivity index (χ1) is 15.2. The summed E-state index contributed by atoms with van der Waals surface area (Å²) < 4.78 is 12.3. The SMILES string of the molecule is COCCNC(=O)c1csc(CSc2nnc(-c3ccco3)n2-c2ccccc2Cl)n1. The van der Waals surface area contributed by atoms with Gasteiger partial charge in [0.15, 0.2) is 10.9 Å². The molecule has 0 unspecified atom stereocenters. The molecule has 0 bridgehead atoms. The van der Waals surface area contributed by atoms with Crippen molar-refractivity contribution in [3.05, 3.63) is 63.8 Å². The average Bonchev–Trinajstić information content (AvgIpc) is 3.53. The van der Waals surface area contributed by atoms with E-state index in [1.54, 1.807) is 24.8 Å². The fourth-order valence-electron chi connectivity index (χ4n) is 2.74. The van der Waals surface area contributed by atoms with E-state index in [9.17, 15) is 4.79 Å². The van der Waals surface area contributed by atoms with Crippen LogP contribution >= 0.6 is 34.7 Å². The number of carbonyl (C=O) groups is 1. The lowest BCUT2D eigenvalue weighted by Gasteiger charge is -2.10. The minimum Gasteiger partial charge on any atom is -0.461 e. The van der Waals surface area contributed by atoms with Crippen molar-refractivity contribution in [3.63, 3.8) is 0 Å². The van der Waals surface area contributed by atoms with Gasteiger partial charge in [-0.1, -0.05) is 35.5 Å². The lowest BCUT2D eigenvalue weighted by Crippen LogP contribution is -2.27. The fraction of sp³-hybridized carbons (Fsp3) is 0.200. The molecule has 1 N–H and O–H groups in total. The highest BCUT2D eigenvalue weighted by Crippen LogP contribution is 2.33. The zero-order chi connectivity index (χ0) is 21.6. The van der Waals surface area contributed by atoms with E-state index in [0.717, 1.165) is 10.7 Å². The number of benzene rings is 1. The maximum atomic E-state index is 12.1. The van der Waals surface area contributed by atoms with E-state index in [2.05, 4.69) is 20.5 Å². The van der Waals surface area contributed by atoms with Crippen molar-refractivity contribution >= 4 is 40.6 Å². The van der Waals surface area contributed by atoms with Gasteiger partial charge in [0.25, 0.3) is 5.91 Å². The number of halogens is 1. The van der Waals surface area contributed by atoms with Gasteiger partial charge in [-0.3, -0.25) is 9.36 Å². The van der Waals surface area contributed by atoms with Gasteiger partial charge in [0.1, 0.15) is 10.7 Å². The van der Waals surface area contributed by atoms with Crippen LogP contribution < -0.4 is 5.32 Å². The molecule has 4 rings (SSSR count). The number of ether oxygens (including phenoxy) is 1. The molecule has 0 aliphatic heterocycles. The van der Waals surface area contributed by atoms with E-state index in [4.69, 9.17) is 20.8 Å².